The van der Waals surface area contributed by atoms with E-state index in [-0.39, 0.29) is 5.91 Å². The van der Waals surface area contributed by atoms with E-state index >= 15 is 0 Å². The Kier molecular flexibility index (Phi) is 8.05. The average Bonchev–Trinajstić information content (AvgIpc) is 2.62. The first-order chi connectivity index (χ1) is 11.7. The fourth-order valence-corrected chi connectivity index (χ4v) is 3.03. The fraction of sp³-hybridized carbons (Fsp3) is 0.632. The molecule has 0 atom stereocenters. The number of rotatable bonds is 9. The highest BCUT2D eigenvalue weighted by Gasteiger charge is 2.20. The summed E-state index contributed by atoms with van der Waals surface area (Å²) in [6, 6.07) is 9.97. The zero-order valence-corrected chi connectivity index (χ0v) is 15.1. The Morgan fingerprint density at radius 2 is 1.67 bits per heavy atom. The van der Waals surface area contributed by atoms with Gasteiger partial charge < -0.3 is 14.5 Å². The van der Waals surface area contributed by atoms with Crippen LogP contribution in [0.1, 0.15) is 20.3 Å². The maximum absolute atomic E-state index is 12.2. The molecule has 0 spiro atoms. The minimum atomic E-state index is 0.254. The highest BCUT2D eigenvalue weighted by molar-refractivity contribution is 5.78. The van der Waals surface area contributed by atoms with Crippen LogP contribution >= 0.6 is 0 Å². The zero-order valence-electron chi connectivity index (χ0n) is 15.1. The van der Waals surface area contributed by atoms with Crippen molar-refractivity contribution in [2.75, 3.05) is 59.0 Å². The van der Waals surface area contributed by atoms with Gasteiger partial charge in [-0.3, -0.25) is 9.69 Å². The molecule has 1 aliphatic rings. The molecule has 0 unspecified atom stereocenters. The lowest BCUT2D eigenvalue weighted by Crippen LogP contribution is -2.50. The first kappa shape index (κ1) is 18.7. The van der Waals surface area contributed by atoms with Crippen LogP contribution < -0.4 is 4.74 Å². The maximum Gasteiger partial charge on any atom is 0.236 e. The first-order valence-corrected chi connectivity index (χ1v) is 9.13. The van der Waals surface area contributed by atoms with E-state index in [1.165, 1.54) is 0 Å². The normalized spacial score (nSPS) is 16.1. The molecular formula is C19H31N3O2. The number of likely N-dealkylation sites (N-methyl/N-ethyl adjacent to an activating group) is 1. The molecule has 5 nitrogen and oxygen atoms in total. The predicted molar refractivity (Wildman–Crippen MR) is 97.4 cm³/mol. The number of piperazine rings is 1. The zero-order chi connectivity index (χ0) is 17.2. The quantitative estimate of drug-likeness (QED) is 0.647. The summed E-state index contributed by atoms with van der Waals surface area (Å²) < 4.78 is 5.73. The summed E-state index contributed by atoms with van der Waals surface area (Å²) in [6.07, 6.45) is 1.03. The van der Waals surface area contributed by atoms with Crippen LogP contribution in [0.25, 0.3) is 0 Å². The van der Waals surface area contributed by atoms with Crippen molar-refractivity contribution >= 4 is 5.91 Å². The molecule has 24 heavy (non-hydrogen) atoms. The number of benzene rings is 1. The molecule has 0 radical (unpaired) electrons. The molecule has 0 bridgehead atoms. The van der Waals surface area contributed by atoms with Crippen LogP contribution in [0, 0.1) is 0 Å². The van der Waals surface area contributed by atoms with E-state index in [1.807, 2.05) is 49.1 Å². The van der Waals surface area contributed by atoms with Crippen molar-refractivity contribution in [3.05, 3.63) is 30.3 Å². The first-order valence-electron chi connectivity index (χ1n) is 9.13. The molecule has 1 fully saturated rings. The summed E-state index contributed by atoms with van der Waals surface area (Å²) in [7, 11) is 0. The SMILES string of the molecule is CCN(CC)C(=O)CN1CCN(CCCOc2ccccc2)CC1. The predicted octanol–water partition coefficient (Wildman–Crippen LogP) is 1.94. The highest BCUT2D eigenvalue weighted by atomic mass is 16.5. The minimum Gasteiger partial charge on any atom is -0.494 e. The van der Waals surface area contributed by atoms with E-state index in [0.29, 0.717) is 6.54 Å². The Bertz CT molecular complexity index is 469. The van der Waals surface area contributed by atoms with Gasteiger partial charge in [0, 0.05) is 45.8 Å². The highest BCUT2D eigenvalue weighted by Crippen LogP contribution is 2.09. The van der Waals surface area contributed by atoms with Gasteiger partial charge in [-0.1, -0.05) is 18.2 Å². The van der Waals surface area contributed by atoms with Crippen LogP contribution in [0.2, 0.25) is 0 Å². The lowest BCUT2D eigenvalue weighted by molar-refractivity contribution is -0.132. The smallest absolute Gasteiger partial charge is 0.236 e. The third-order valence-electron chi connectivity index (χ3n) is 4.57. The number of hydrogen-bond donors (Lipinski definition) is 0. The van der Waals surface area contributed by atoms with Crippen molar-refractivity contribution in [2.45, 2.75) is 20.3 Å². The molecule has 1 aliphatic heterocycles. The third kappa shape index (κ3) is 6.13. The van der Waals surface area contributed by atoms with Gasteiger partial charge in [0.25, 0.3) is 0 Å². The van der Waals surface area contributed by atoms with E-state index in [0.717, 1.165) is 64.6 Å². The van der Waals surface area contributed by atoms with Crippen LogP contribution in [0.5, 0.6) is 5.75 Å². The Morgan fingerprint density at radius 3 is 2.29 bits per heavy atom. The molecule has 134 valence electrons. The van der Waals surface area contributed by atoms with Crippen molar-refractivity contribution in [1.29, 1.82) is 0 Å². The van der Waals surface area contributed by atoms with Crippen molar-refractivity contribution in [3.63, 3.8) is 0 Å². The molecule has 0 saturated carbocycles. The van der Waals surface area contributed by atoms with Gasteiger partial charge in [-0.2, -0.15) is 0 Å². The van der Waals surface area contributed by atoms with Gasteiger partial charge in [0.05, 0.1) is 13.2 Å². The van der Waals surface area contributed by atoms with E-state index < -0.39 is 0 Å². The lowest BCUT2D eigenvalue weighted by Gasteiger charge is -2.35. The number of amides is 1. The van der Waals surface area contributed by atoms with E-state index in [2.05, 4.69) is 9.80 Å². The Hall–Kier alpha value is -1.59. The van der Waals surface area contributed by atoms with E-state index in [4.69, 9.17) is 4.74 Å². The van der Waals surface area contributed by atoms with Crippen molar-refractivity contribution in [1.82, 2.24) is 14.7 Å². The standard InChI is InChI=1S/C19H31N3O2/c1-3-22(4-2)19(23)17-21-14-12-20(13-15-21)11-8-16-24-18-9-6-5-7-10-18/h5-7,9-10H,3-4,8,11-17H2,1-2H3. The Balaban J connectivity index is 1.58. The number of hydrogen-bond acceptors (Lipinski definition) is 4. The summed E-state index contributed by atoms with van der Waals surface area (Å²) in [4.78, 5) is 18.8. The van der Waals surface area contributed by atoms with Gasteiger partial charge in [-0.05, 0) is 32.4 Å². The van der Waals surface area contributed by atoms with Crippen LogP contribution in [-0.2, 0) is 4.79 Å². The molecule has 5 heteroatoms. The molecule has 1 saturated heterocycles. The van der Waals surface area contributed by atoms with Crippen LogP contribution in [0.4, 0.5) is 0 Å². The molecule has 0 N–H and O–H groups in total. The molecule has 1 amide bonds. The summed E-state index contributed by atoms with van der Waals surface area (Å²) >= 11 is 0. The Morgan fingerprint density at radius 1 is 1.04 bits per heavy atom. The number of para-hydroxylation sites is 1. The monoisotopic (exact) mass is 333 g/mol. The molecule has 0 aromatic heterocycles. The van der Waals surface area contributed by atoms with Crippen LogP contribution in [-0.4, -0.2) is 79.6 Å². The molecule has 1 aromatic carbocycles. The average molecular weight is 333 g/mol. The summed E-state index contributed by atoms with van der Waals surface area (Å²) in [6.45, 7) is 12.1. The van der Waals surface area contributed by atoms with Crippen molar-refractivity contribution < 1.29 is 9.53 Å². The second-order valence-corrected chi connectivity index (χ2v) is 6.20. The fourth-order valence-electron chi connectivity index (χ4n) is 3.03. The van der Waals surface area contributed by atoms with Gasteiger partial charge >= 0.3 is 0 Å². The van der Waals surface area contributed by atoms with Crippen LogP contribution in [0.15, 0.2) is 30.3 Å². The third-order valence-corrected chi connectivity index (χ3v) is 4.57. The number of carbonyl (C=O) groups excluding carboxylic acids is 1. The second kappa shape index (κ2) is 10.3. The van der Waals surface area contributed by atoms with Gasteiger partial charge in [0.15, 0.2) is 0 Å². The van der Waals surface area contributed by atoms with Gasteiger partial charge in [-0.15, -0.1) is 0 Å². The minimum absolute atomic E-state index is 0.254. The second-order valence-electron chi connectivity index (χ2n) is 6.20. The Labute approximate surface area is 146 Å². The van der Waals surface area contributed by atoms with Crippen LogP contribution in [0.3, 0.4) is 0 Å². The summed E-state index contributed by atoms with van der Waals surface area (Å²) in [5, 5.41) is 0. The number of nitrogens with zero attached hydrogens (tertiary/aromatic N) is 3. The number of ether oxygens (including phenoxy) is 1. The lowest BCUT2D eigenvalue weighted by atomic mass is 10.3. The van der Waals surface area contributed by atoms with Crippen molar-refractivity contribution in [3.8, 4) is 5.75 Å². The molecular weight excluding hydrogens is 302 g/mol. The molecule has 1 aromatic rings. The summed E-state index contributed by atoms with van der Waals surface area (Å²) in [5.41, 5.74) is 0. The van der Waals surface area contributed by atoms with E-state index in [1.54, 1.807) is 0 Å². The van der Waals surface area contributed by atoms with E-state index in [9.17, 15) is 4.79 Å². The van der Waals surface area contributed by atoms with Gasteiger partial charge in [-0.25, -0.2) is 0 Å². The maximum atomic E-state index is 12.2. The topological polar surface area (TPSA) is 36.0 Å². The molecule has 0 aliphatic carbocycles. The van der Waals surface area contributed by atoms with Crippen molar-refractivity contribution in [2.24, 2.45) is 0 Å². The molecule has 1 heterocycles. The molecule has 2 rings (SSSR count). The van der Waals surface area contributed by atoms with Gasteiger partial charge in [0.1, 0.15) is 5.75 Å². The summed E-state index contributed by atoms with van der Waals surface area (Å²) in [5.74, 6) is 1.20. The number of carbonyl (C=O) groups is 1. The van der Waals surface area contributed by atoms with Gasteiger partial charge in [0.2, 0.25) is 5.91 Å². The largest absolute Gasteiger partial charge is 0.494 e.